The highest BCUT2D eigenvalue weighted by Crippen LogP contribution is 2.34. The third-order valence-electron chi connectivity index (χ3n) is 6.79. The Morgan fingerprint density at radius 1 is 0.833 bits per heavy atom. The van der Waals surface area contributed by atoms with Gasteiger partial charge in [-0.1, -0.05) is 72.8 Å². The summed E-state index contributed by atoms with van der Waals surface area (Å²) in [5.74, 6) is 0.584. The molecule has 0 N–H and O–H groups in total. The summed E-state index contributed by atoms with van der Waals surface area (Å²) in [5, 5.41) is 7.52. The van der Waals surface area contributed by atoms with E-state index in [1.54, 1.807) is 22.5 Å². The smallest absolute Gasteiger partial charge is 0.00178 e. The molecule has 0 aliphatic heterocycles. The number of hydrogen-bond donors (Lipinski definition) is 0. The Hall–Kier alpha value is -2.90. The molecule has 3 aromatic carbocycles. The normalized spacial score (nSPS) is 16.9. The average molecular weight is 405 g/mol. The van der Waals surface area contributed by atoms with Crippen LogP contribution in [0.4, 0.5) is 0 Å². The number of fused-ring (bicyclic) bond motifs is 5. The van der Waals surface area contributed by atoms with Crippen molar-refractivity contribution >= 4 is 23.0 Å². The van der Waals surface area contributed by atoms with Crippen LogP contribution in [0.15, 0.2) is 83.6 Å². The van der Waals surface area contributed by atoms with Crippen molar-refractivity contribution in [3.05, 3.63) is 116 Å². The molecule has 146 valence electrons. The molecule has 2 aliphatic carbocycles. The molecule has 1 heterocycles. The number of hydrogen-bond acceptors (Lipinski definition) is 1. The Morgan fingerprint density at radius 3 is 2.57 bits per heavy atom. The summed E-state index contributed by atoms with van der Waals surface area (Å²) >= 11 is 1.81. The lowest BCUT2D eigenvalue weighted by molar-refractivity contribution is 0.615. The molecule has 1 atom stereocenters. The van der Waals surface area contributed by atoms with E-state index in [1.807, 2.05) is 0 Å². The molecule has 0 nitrogen and oxygen atoms in total. The molecule has 1 aromatic heterocycles. The predicted octanol–water partition coefficient (Wildman–Crippen LogP) is 6.07. The van der Waals surface area contributed by atoms with E-state index in [0.717, 1.165) is 19.3 Å². The maximum atomic E-state index is 2.48. The van der Waals surface area contributed by atoms with Gasteiger partial charge in [-0.2, -0.15) is 11.3 Å². The minimum absolute atomic E-state index is 0.584. The first-order valence-corrected chi connectivity index (χ1v) is 11.8. The molecule has 0 amide bonds. The van der Waals surface area contributed by atoms with Crippen LogP contribution in [0.5, 0.6) is 0 Å². The van der Waals surface area contributed by atoms with Gasteiger partial charge >= 0.3 is 0 Å². The molecular weight excluding hydrogens is 380 g/mol. The van der Waals surface area contributed by atoms with Crippen LogP contribution in [-0.2, 0) is 12.8 Å². The summed E-state index contributed by atoms with van der Waals surface area (Å²) in [7, 11) is 0. The number of thiophene rings is 1. The van der Waals surface area contributed by atoms with Gasteiger partial charge in [-0.05, 0) is 97.8 Å². The summed E-state index contributed by atoms with van der Waals surface area (Å²) in [5.41, 5.74) is 10.2. The van der Waals surface area contributed by atoms with Crippen molar-refractivity contribution in [1.29, 1.82) is 0 Å². The summed E-state index contributed by atoms with van der Waals surface area (Å²) in [6, 6.07) is 27.0. The van der Waals surface area contributed by atoms with Gasteiger partial charge in [-0.3, -0.25) is 0 Å². The Balaban J connectivity index is 1.60. The fourth-order valence-corrected chi connectivity index (χ4v) is 6.04. The zero-order chi connectivity index (χ0) is 19.9. The van der Waals surface area contributed by atoms with Gasteiger partial charge in [0.1, 0.15) is 0 Å². The van der Waals surface area contributed by atoms with E-state index in [-0.39, 0.29) is 0 Å². The minimum atomic E-state index is 0.584. The third kappa shape index (κ3) is 2.97. The van der Waals surface area contributed by atoms with Gasteiger partial charge in [0.25, 0.3) is 0 Å². The second-order valence-corrected chi connectivity index (χ2v) is 9.25. The molecule has 0 saturated carbocycles. The van der Waals surface area contributed by atoms with Crippen molar-refractivity contribution in [2.45, 2.75) is 31.6 Å². The monoisotopic (exact) mass is 404 g/mol. The van der Waals surface area contributed by atoms with E-state index >= 15 is 0 Å². The largest absolute Gasteiger partial charge is 0.152 e. The Morgan fingerprint density at radius 2 is 1.70 bits per heavy atom. The second-order valence-electron chi connectivity index (χ2n) is 8.47. The van der Waals surface area contributed by atoms with Gasteiger partial charge in [0, 0.05) is 0 Å². The van der Waals surface area contributed by atoms with Crippen LogP contribution in [0.1, 0.15) is 41.0 Å². The van der Waals surface area contributed by atoms with Gasteiger partial charge < -0.3 is 0 Å². The molecule has 6 rings (SSSR count). The summed E-state index contributed by atoms with van der Waals surface area (Å²) in [6.07, 6.45) is 7.02. The SMILES string of the molecule is C1=c2c(ccc3c2=C(c2ccsc2)CCC3Cc2ccccc2)-c2ccccc2C1. The lowest BCUT2D eigenvalue weighted by Gasteiger charge is -2.27. The lowest BCUT2D eigenvalue weighted by atomic mass is 9.77. The fourth-order valence-electron chi connectivity index (χ4n) is 5.37. The Kier molecular flexibility index (Phi) is 4.43. The Bertz CT molecular complexity index is 1330. The number of benzene rings is 3. The second kappa shape index (κ2) is 7.41. The topological polar surface area (TPSA) is 0 Å². The molecule has 0 saturated heterocycles. The highest BCUT2D eigenvalue weighted by Gasteiger charge is 2.24. The van der Waals surface area contributed by atoms with Crippen molar-refractivity contribution in [2.24, 2.45) is 0 Å². The van der Waals surface area contributed by atoms with Crippen LogP contribution < -0.4 is 10.4 Å². The van der Waals surface area contributed by atoms with Gasteiger partial charge in [-0.25, -0.2) is 0 Å². The molecule has 30 heavy (non-hydrogen) atoms. The van der Waals surface area contributed by atoms with Gasteiger partial charge in [-0.15, -0.1) is 0 Å². The summed E-state index contributed by atoms with van der Waals surface area (Å²) in [4.78, 5) is 0. The van der Waals surface area contributed by atoms with E-state index < -0.39 is 0 Å². The first-order chi connectivity index (χ1) is 14.9. The zero-order valence-electron chi connectivity index (χ0n) is 17.0. The van der Waals surface area contributed by atoms with E-state index in [4.69, 9.17) is 0 Å². The van der Waals surface area contributed by atoms with Gasteiger partial charge in [0.2, 0.25) is 0 Å². The zero-order valence-corrected chi connectivity index (χ0v) is 17.8. The van der Waals surface area contributed by atoms with Crippen molar-refractivity contribution in [3.8, 4) is 11.1 Å². The van der Waals surface area contributed by atoms with Gasteiger partial charge in [0.05, 0.1) is 0 Å². The molecule has 1 heteroatoms. The first kappa shape index (κ1) is 17.9. The van der Waals surface area contributed by atoms with Crippen LogP contribution in [0.25, 0.3) is 22.8 Å². The van der Waals surface area contributed by atoms with Gasteiger partial charge in [0.15, 0.2) is 0 Å². The molecule has 0 bridgehead atoms. The molecule has 0 radical (unpaired) electrons. The molecule has 2 aliphatic rings. The van der Waals surface area contributed by atoms with Crippen molar-refractivity contribution < 1.29 is 0 Å². The average Bonchev–Trinajstić information content (AvgIpc) is 3.34. The van der Waals surface area contributed by atoms with E-state index in [9.17, 15) is 0 Å². The van der Waals surface area contributed by atoms with Crippen LogP contribution in [0, 0.1) is 0 Å². The third-order valence-corrected chi connectivity index (χ3v) is 7.47. The van der Waals surface area contributed by atoms with Crippen molar-refractivity contribution in [2.75, 3.05) is 0 Å². The fraction of sp³-hybridized carbons (Fsp3) is 0.172. The van der Waals surface area contributed by atoms with E-state index in [0.29, 0.717) is 5.92 Å². The predicted molar refractivity (Wildman–Crippen MR) is 128 cm³/mol. The lowest BCUT2D eigenvalue weighted by Crippen LogP contribution is -2.38. The summed E-state index contributed by atoms with van der Waals surface area (Å²) < 4.78 is 0. The highest BCUT2D eigenvalue weighted by atomic mass is 32.1. The Labute approximate surface area is 181 Å². The van der Waals surface area contributed by atoms with E-state index in [2.05, 4.69) is 89.6 Å². The first-order valence-electron chi connectivity index (χ1n) is 10.9. The summed E-state index contributed by atoms with van der Waals surface area (Å²) in [6.45, 7) is 0. The van der Waals surface area contributed by atoms with Crippen molar-refractivity contribution in [3.63, 3.8) is 0 Å². The van der Waals surface area contributed by atoms with Crippen LogP contribution in [-0.4, -0.2) is 0 Å². The van der Waals surface area contributed by atoms with Crippen molar-refractivity contribution in [1.82, 2.24) is 0 Å². The maximum absolute atomic E-state index is 2.48. The standard InChI is InChI=1S/C29H24S/c1-2-6-20(7-3-1)18-22-11-12-26(23-16-17-30-19-23)29-25(22)14-15-27-24-9-5-4-8-21(24)10-13-28(27)29/h1-9,13-17,19,22H,10-12,18H2. The highest BCUT2D eigenvalue weighted by molar-refractivity contribution is 7.08. The minimum Gasteiger partial charge on any atom is -0.152 e. The number of rotatable bonds is 3. The molecule has 0 spiro atoms. The van der Waals surface area contributed by atoms with Crippen LogP contribution >= 0.6 is 11.3 Å². The molecule has 4 aromatic rings. The molecular formula is C29H24S. The van der Waals surface area contributed by atoms with E-state index in [1.165, 1.54) is 44.7 Å². The van der Waals surface area contributed by atoms with Crippen LogP contribution in [0.2, 0.25) is 0 Å². The molecule has 1 unspecified atom stereocenters. The maximum Gasteiger partial charge on any atom is -0.00178 e. The quantitative estimate of drug-likeness (QED) is 0.389. The van der Waals surface area contributed by atoms with Crippen LogP contribution in [0.3, 0.4) is 0 Å². The molecule has 0 fully saturated rings.